The number of benzene rings is 2. The van der Waals surface area contributed by atoms with Crippen LogP contribution in [0.2, 0.25) is 0 Å². The fourth-order valence-electron chi connectivity index (χ4n) is 1.97. The Bertz CT molecular complexity index is 641. The number of carbonyl (C=O) groups excluding carboxylic acids is 2. The summed E-state index contributed by atoms with van der Waals surface area (Å²) in [4.78, 5) is 22.7. The van der Waals surface area contributed by atoms with Gasteiger partial charge in [-0.1, -0.05) is 30.3 Å². The number of anilines is 2. The molecule has 0 aromatic heterocycles. The topological polar surface area (TPSA) is 96.2 Å². The summed E-state index contributed by atoms with van der Waals surface area (Å²) in [6, 6.07) is 15.2. The molecule has 2 rings (SSSR count). The van der Waals surface area contributed by atoms with Crippen molar-refractivity contribution in [2.75, 3.05) is 10.6 Å². The molecular weight excluding hydrogens is 280 g/mol. The minimum absolute atomic E-state index is 0.175. The van der Waals surface area contributed by atoms with Gasteiger partial charge in [-0.3, -0.25) is 0 Å². The molecule has 114 valence electrons. The monoisotopic (exact) mass is 298 g/mol. The van der Waals surface area contributed by atoms with E-state index < -0.39 is 6.03 Å². The van der Waals surface area contributed by atoms with E-state index in [9.17, 15) is 9.59 Å². The lowest BCUT2D eigenvalue weighted by Crippen LogP contribution is -2.31. The largest absolute Gasteiger partial charge is 0.351 e. The number of nitrogens with one attached hydrogen (secondary N) is 3. The SMILES string of the molecule is CC(NC(=O)Nc1ccccc1)c1ccc(NC(N)=O)cc1. The first-order chi connectivity index (χ1) is 10.5. The van der Waals surface area contributed by atoms with E-state index in [1.165, 1.54) is 0 Å². The molecule has 6 heteroatoms. The van der Waals surface area contributed by atoms with Gasteiger partial charge < -0.3 is 21.7 Å². The van der Waals surface area contributed by atoms with Gasteiger partial charge in [-0.25, -0.2) is 9.59 Å². The van der Waals surface area contributed by atoms with Crippen molar-refractivity contribution in [3.8, 4) is 0 Å². The van der Waals surface area contributed by atoms with Gasteiger partial charge in [0, 0.05) is 11.4 Å². The van der Waals surface area contributed by atoms with E-state index in [2.05, 4.69) is 16.0 Å². The highest BCUT2D eigenvalue weighted by Gasteiger charge is 2.09. The van der Waals surface area contributed by atoms with Crippen LogP contribution in [0.15, 0.2) is 54.6 Å². The molecule has 0 aliphatic heterocycles. The van der Waals surface area contributed by atoms with Crippen molar-refractivity contribution in [1.29, 1.82) is 0 Å². The zero-order valence-corrected chi connectivity index (χ0v) is 12.2. The number of para-hydroxylation sites is 1. The van der Waals surface area contributed by atoms with Crippen molar-refractivity contribution in [3.63, 3.8) is 0 Å². The van der Waals surface area contributed by atoms with Gasteiger partial charge in [0.1, 0.15) is 0 Å². The predicted molar refractivity (Wildman–Crippen MR) is 86.7 cm³/mol. The van der Waals surface area contributed by atoms with E-state index in [-0.39, 0.29) is 12.1 Å². The molecular formula is C16H18N4O2. The van der Waals surface area contributed by atoms with Crippen molar-refractivity contribution >= 4 is 23.4 Å². The van der Waals surface area contributed by atoms with E-state index in [1.807, 2.05) is 49.4 Å². The van der Waals surface area contributed by atoms with Gasteiger partial charge in [0.2, 0.25) is 0 Å². The molecule has 2 aromatic carbocycles. The quantitative estimate of drug-likeness (QED) is 0.698. The summed E-state index contributed by atoms with van der Waals surface area (Å²) >= 11 is 0. The molecule has 0 saturated carbocycles. The molecule has 0 aliphatic rings. The Balaban J connectivity index is 1.92. The lowest BCUT2D eigenvalue weighted by Gasteiger charge is -2.15. The van der Waals surface area contributed by atoms with E-state index in [1.54, 1.807) is 12.1 Å². The third-order valence-electron chi connectivity index (χ3n) is 3.06. The van der Waals surface area contributed by atoms with Gasteiger partial charge in [0.05, 0.1) is 6.04 Å². The molecule has 2 aromatic rings. The summed E-state index contributed by atoms with van der Waals surface area (Å²) in [5.74, 6) is 0. The van der Waals surface area contributed by atoms with Crippen LogP contribution in [0, 0.1) is 0 Å². The molecule has 4 amide bonds. The molecule has 6 nitrogen and oxygen atoms in total. The number of hydrogen-bond donors (Lipinski definition) is 4. The number of primary amides is 1. The molecule has 1 atom stereocenters. The van der Waals surface area contributed by atoms with Gasteiger partial charge in [0.25, 0.3) is 0 Å². The van der Waals surface area contributed by atoms with Gasteiger partial charge in [-0.2, -0.15) is 0 Å². The lowest BCUT2D eigenvalue weighted by atomic mass is 10.1. The van der Waals surface area contributed by atoms with Crippen LogP contribution in [0.4, 0.5) is 21.0 Å². The average molecular weight is 298 g/mol. The fraction of sp³-hybridized carbons (Fsp3) is 0.125. The maximum absolute atomic E-state index is 11.9. The highest BCUT2D eigenvalue weighted by molar-refractivity contribution is 5.89. The van der Waals surface area contributed by atoms with E-state index in [0.717, 1.165) is 11.3 Å². The van der Waals surface area contributed by atoms with Gasteiger partial charge >= 0.3 is 12.1 Å². The van der Waals surface area contributed by atoms with Crippen LogP contribution < -0.4 is 21.7 Å². The zero-order valence-electron chi connectivity index (χ0n) is 12.2. The third kappa shape index (κ3) is 4.52. The number of carbonyl (C=O) groups is 2. The molecule has 0 bridgehead atoms. The van der Waals surface area contributed by atoms with E-state index >= 15 is 0 Å². The summed E-state index contributed by atoms with van der Waals surface area (Å²) in [7, 11) is 0. The number of nitrogens with two attached hydrogens (primary N) is 1. The Morgan fingerprint density at radius 2 is 1.50 bits per heavy atom. The van der Waals surface area contributed by atoms with Crippen molar-refractivity contribution in [2.45, 2.75) is 13.0 Å². The molecule has 0 radical (unpaired) electrons. The Morgan fingerprint density at radius 1 is 0.909 bits per heavy atom. The summed E-state index contributed by atoms with van der Waals surface area (Å²) in [5, 5.41) is 8.08. The molecule has 0 fully saturated rings. The minimum Gasteiger partial charge on any atom is -0.351 e. The first-order valence-electron chi connectivity index (χ1n) is 6.83. The maximum atomic E-state index is 11.9. The van der Waals surface area contributed by atoms with Crippen LogP contribution in [-0.4, -0.2) is 12.1 Å². The summed E-state index contributed by atoms with van der Waals surface area (Å²) < 4.78 is 0. The molecule has 5 N–H and O–H groups in total. The van der Waals surface area contributed by atoms with Crippen molar-refractivity contribution in [1.82, 2.24) is 5.32 Å². The molecule has 22 heavy (non-hydrogen) atoms. The van der Waals surface area contributed by atoms with Crippen LogP contribution in [0.3, 0.4) is 0 Å². The summed E-state index contributed by atoms with van der Waals surface area (Å²) in [5.41, 5.74) is 7.30. The smallest absolute Gasteiger partial charge is 0.319 e. The summed E-state index contributed by atoms with van der Waals surface area (Å²) in [6.07, 6.45) is 0. The number of rotatable bonds is 4. The first kappa shape index (κ1) is 15.4. The fourth-order valence-corrected chi connectivity index (χ4v) is 1.97. The van der Waals surface area contributed by atoms with Crippen LogP contribution in [0.5, 0.6) is 0 Å². The zero-order chi connectivity index (χ0) is 15.9. The van der Waals surface area contributed by atoms with Crippen molar-refractivity contribution in [2.24, 2.45) is 5.73 Å². The Kier molecular flexibility index (Phi) is 4.98. The Labute approximate surface area is 128 Å². The van der Waals surface area contributed by atoms with Crippen molar-refractivity contribution < 1.29 is 9.59 Å². The second-order valence-corrected chi connectivity index (χ2v) is 4.80. The first-order valence-corrected chi connectivity index (χ1v) is 6.83. The Hall–Kier alpha value is -3.02. The molecule has 0 aliphatic carbocycles. The lowest BCUT2D eigenvalue weighted by molar-refractivity contribution is 0.249. The van der Waals surface area contributed by atoms with Crippen LogP contribution in [0.25, 0.3) is 0 Å². The maximum Gasteiger partial charge on any atom is 0.319 e. The second kappa shape index (κ2) is 7.12. The van der Waals surface area contributed by atoms with Gasteiger partial charge in [0.15, 0.2) is 0 Å². The number of hydrogen-bond acceptors (Lipinski definition) is 2. The summed E-state index contributed by atoms with van der Waals surface area (Å²) in [6.45, 7) is 1.88. The highest BCUT2D eigenvalue weighted by Crippen LogP contribution is 2.16. The molecule has 0 heterocycles. The van der Waals surface area contributed by atoms with Crippen molar-refractivity contribution in [3.05, 3.63) is 60.2 Å². The normalized spacial score (nSPS) is 11.3. The van der Waals surface area contributed by atoms with Gasteiger partial charge in [-0.15, -0.1) is 0 Å². The van der Waals surface area contributed by atoms with Crippen LogP contribution >= 0.6 is 0 Å². The average Bonchev–Trinajstić information content (AvgIpc) is 2.48. The number of amides is 4. The van der Waals surface area contributed by atoms with Crippen LogP contribution in [-0.2, 0) is 0 Å². The molecule has 0 saturated heterocycles. The van der Waals surface area contributed by atoms with E-state index in [0.29, 0.717) is 5.69 Å². The van der Waals surface area contributed by atoms with E-state index in [4.69, 9.17) is 5.73 Å². The van der Waals surface area contributed by atoms with Gasteiger partial charge in [-0.05, 0) is 36.8 Å². The molecule has 0 spiro atoms. The highest BCUT2D eigenvalue weighted by atomic mass is 16.2. The van der Waals surface area contributed by atoms with Crippen LogP contribution in [0.1, 0.15) is 18.5 Å². The minimum atomic E-state index is -0.610. The predicted octanol–water partition coefficient (Wildman–Crippen LogP) is 3.06. The second-order valence-electron chi connectivity index (χ2n) is 4.80. The Morgan fingerprint density at radius 3 is 2.09 bits per heavy atom. The third-order valence-corrected chi connectivity index (χ3v) is 3.06. The standard InChI is InChI=1S/C16H18N4O2/c1-11(12-7-9-14(10-8-12)19-15(17)21)18-16(22)20-13-5-3-2-4-6-13/h2-11H,1H3,(H3,17,19,21)(H2,18,20,22). The number of urea groups is 2. The molecule has 1 unspecified atom stereocenters.